The average Bonchev–Trinajstić information content (AvgIpc) is 2.16. The number of hydrogen-bond acceptors (Lipinski definition) is 2. The van der Waals surface area contributed by atoms with E-state index in [4.69, 9.17) is 10.5 Å². The second-order valence-corrected chi connectivity index (χ2v) is 2.24. The number of nitriles is 2. The predicted octanol–water partition coefficient (Wildman–Crippen LogP) is 1.36. The molecule has 1 radical (unpaired) electrons. The summed E-state index contributed by atoms with van der Waals surface area (Å²) >= 11 is 0. The minimum Gasteiger partial charge on any atom is -0.232 e. The van der Waals surface area contributed by atoms with Crippen LogP contribution in [0, 0.1) is 22.7 Å². The fourth-order valence-corrected chi connectivity index (χ4v) is 0.876. The zero-order valence-corrected chi connectivity index (χ0v) is 6.24. The van der Waals surface area contributed by atoms with Crippen molar-refractivity contribution in [3.05, 3.63) is 34.9 Å². The van der Waals surface area contributed by atoms with Gasteiger partial charge in [0, 0.05) is 0 Å². The van der Waals surface area contributed by atoms with Gasteiger partial charge in [0.1, 0.15) is 6.61 Å². The van der Waals surface area contributed by atoms with Gasteiger partial charge in [-0.2, -0.15) is 10.5 Å². The van der Waals surface area contributed by atoms with E-state index in [-0.39, 0.29) is 0 Å². The Kier molecular flexibility index (Phi) is 2.42. The highest BCUT2D eigenvalue weighted by Crippen LogP contribution is 2.10. The van der Waals surface area contributed by atoms with Gasteiger partial charge < -0.3 is 0 Å². The summed E-state index contributed by atoms with van der Waals surface area (Å²) in [6.45, 7) is -0.422. The molecule has 0 unspecified atom stereocenters. The first-order valence-electron chi connectivity index (χ1n) is 3.33. The maximum Gasteiger partial charge on any atom is 0.109 e. The summed E-state index contributed by atoms with van der Waals surface area (Å²) in [6, 6.07) is 8.25. The molecular formula is C9H5N2O. The molecule has 0 amide bonds. The van der Waals surface area contributed by atoms with E-state index in [0.717, 1.165) is 0 Å². The molecule has 0 N–H and O–H groups in total. The second-order valence-electron chi connectivity index (χ2n) is 2.24. The Morgan fingerprint density at radius 3 is 2.50 bits per heavy atom. The van der Waals surface area contributed by atoms with Crippen LogP contribution < -0.4 is 0 Å². The number of hydrogen-bond donors (Lipinski definition) is 0. The van der Waals surface area contributed by atoms with E-state index in [1.54, 1.807) is 0 Å². The molecule has 1 aromatic carbocycles. The van der Waals surface area contributed by atoms with Crippen LogP contribution in [0.2, 0.25) is 0 Å². The molecule has 0 aromatic heterocycles. The smallest absolute Gasteiger partial charge is 0.109 e. The topological polar surface area (TPSA) is 67.5 Å². The summed E-state index contributed by atoms with van der Waals surface area (Å²) in [5, 5.41) is 27.5. The van der Waals surface area contributed by atoms with Gasteiger partial charge in [0.05, 0.1) is 23.3 Å². The van der Waals surface area contributed by atoms with Gasteiger partial charge >= 0.3 is 0 Å². The Labute approximate surface area is 70.1 Å². The third-order valence-corrected chi connectivity index (χ3v) is 1.51. The van der Waals surface area contributed by atoms with Gasteiger partial charge in [-0.25, -0.2) is 5.11 Å². The Morgan fingerprint density at radius 1 is 1.25 bits per heavy atom. The van der Waals surface area contributed by atoms with Crippen molar-refractivity contribution in [2.45, 2.75) is 6.61 Å². The molecule has 1 rings (SSSR count). The van der Waals surface area contributed by atoms with Crippen molar-refractivity contribution < 1.29 is 5.11 Å². The summed E-state index contributed by atoms with van der Waals surface area (Å²) < 4.78 is 0. The molecule has 12 heavy (non-hydrogen) atoms. The van der Waals surface area contributed by atoms with E-state index in [0.29, 0.717) is 16.7 Å². The van der Waals surface area contributed by atoms with Gasteiger partial charge in [0.15, 0.2) is 0 Å². The van der Waals surface area contributed by atoms with Crippen molar-refractivity contribution in [2.75, 3.05) is 0 Å². The monoisotopic (exact) mass is 157 g/mol. The lowest BCUT2D eigenvalue weighted by atomic mass is 10.1. The summed E-state index contributed by atoms with van der Waals surface area (Å²) in [5.41, 5.74) is 1.14. The molecule has 1 aromatic rings. The van der Waals surface area contributed by atoms with Crippen molar-refractivity contribution in [3.63, 3.8) is 0 Å². The van der Waals surface area contributed by atoms with Gasteiger partial charge in [0.2, 0.25) is 0 Å². The minimum absolute atomic E-state index is 0.295. The molecule has 0 fully saturated rings. The van der Waals surface area contributed by atoms with Crippen LogP contribution in [0.15, 0.2) is 18.2 Å². The van der Waals surface area contributed by atoms with Crippen LogP contribution in [0.5, 0.6) is 0 Å². The molecule has 0 spiro atoms. The molecule has 0 aliphatic rings. The summed E-state index contributed by atoms with van der Waals surface area (Å²) in [7, 11) is 0. The van der Waals surface area contributed by atoms with Crippen LogP contribution in [-0.2, 0) is 11.7 Å². The summed E-state index contributed by atoms with van der Waals surface area (Å²) in [5.74, 6) is 0. The van der Waals surface area contributed by atoms with E-state index >= 15 is 0 Å². The largest absolute Gasteiger partial charge is 0.232 e. The molecule has 0 atom stereocenters. The standard InChI is InChI=1S/C9H5N2O/c10-4-7-1-2-8(6-12)9(3-7)5-11/h1-3H,6H2. The highest BCUT2D eigenvalue weighted by molar-refractivity contribution is 5.44. The Bertz CT molecular complexity index is 371. The van der Waals surface area contributed by atoms with Crippen LogP contribution in [0.4, 0.5) is 0 Å². The van der Waals surface area contributed by atoms with Crippen molar-refractivity contribution in [1.82, 2.24) is 0 Å². The van der Waals surface area contributed by atoms with Crippen LogP contribution in [0.25, 0.3) is 0 Å². The molecule has 57 valence electrons. The number of nitrogens with zero attached hydrogens (tertiary/aromatic N) is 2. The SMILES string of the molecule is N#Cc1ccc(C[O])c(C#N)c1. The van der Waals surface area contributed by atoms with Crippen molar-refractivity contribution in [1.29, 1.82) is 10.5 Å². The van der Waals surface area contributed by atoms with E-state index < -0.39 is 6.61 Å². The molecule has 0 bridgehead atoms. The normalized spacial score (nSPS) is 8.58. The van der Waals surface area contributed by atoms with E-state index in [1.807, 2.05) is 12.1 Å². The van der Waals surface area contributed by atoms with E-state index in [2.05, 4.69) is 0 Å². The number of rotatable bonds is 1. The maximum absolute atomic E-state index is 10.5. The predicted molar refractivity (Wildman–Crippen MR) is 40.3 cm³/mol. The quantitative estimate of drug-likeness (QED) is 0.617. The fraction of sp³-hybridized carbons (Fsp3) is 0.111. The Morgan fingerprint density at radius 2 is 2.00 bits per heavy atom. The first-order chi connectivity index (χ1) is 5.81. The molecule has 0 aliphatic carbocycles. The zero-order valence-electron chi connectivity index (χ0n) is 6.24. The second kappa shape index (κ2) is 3.52. The summed E-state index contributed by atoms with van der Waals surface area (Å²) in [6.07, 6.45) is 0. The number of benzene rings is 1. The minimum atomic E-state index is -0.422. The first-order valence-corrected chi connectivity index (χ1v) is 3.33. The van der Waals surface area contributed by atoms with Crippen molar-refractivity contribution in [3.8, 4) is 12.1 Å². The molecular weight excluding hydrogens is 152 g/mol. The molecule has 3 nitrogen and oxygen atoms in total. The fourth-order valence-electron chi connectivity index (χ4n) is 0.876. The molecule has 0 saturated heterocycles. The van der Waals surface area contributed by atoms with Gasteiger partial charge in [-0.3, -0.25) is 0 Å². The molecule has 3 heteroatoms. The highest BCUT2D eigenvalue weighted by Gasteiger charge is 2.01. The van der Waals surface area contributed by atoms with Crippen molar-refractivity contribution in [2.24, 2.45) is 0 Å². The lowest BCUT2D eigenvalue weighted by Crippen LogP contribution is -1.89. The zero-order chi connectivity index (χ0) is 8.97. The van der Waals surface area contributed by atoms with Gasteiger partial charge in [-0.1, -0.05) is 6.07 Å². The van der Waals surface area contributed by atoms with Gasteiger partial charge in [-0.15, -0.1) is 0 Å². The molecule has 0 aliphatic heterocycles. The lowest BCUT2D eigenvalue weighted by molar-refractivity contribution is 0.177. The van der Waals surface area contributed by atoms with Crippen LogP contribution >= 0.6 is 0 Å². The van der Waals surface area contributed by atoms with Crippen LogP contribution in [0.3, 0.4) is 0 Å². The third-order valence-electron chi connectivity index (χ3n) is 1.51. The Hall–Kier alpha value is -1.84. The third kappa shape index (κ3) is 1.42. The molecule has 0 heterocycles. The Balaban J connectivity index is 3.24. The maximum atomic E-state index is 10.5. The summed E-state index contributed by atoms with van der Waals surface area (Å²) in [4.78, 5) is 0. The van der Waals surface area contributed by atoms with Crippen molar-refractivity contribution >= 4 is 0 Å². The van der Waals surface area contributed by atoms with E-state index in [9.17, 15) is 5.11 Å². The van der Waals surface area contributed by atoms with Gasteiger partial charge in [-0.05, 0) is 17.7 Å². The van der Waals surface area contributed by atoms with Crippen LogP contribution in [-0.4, -0.2) is 0 Å². The first kappa shape index (κ1) is 8.26. The average molecular weight is 157 g/mol. The van der Waals surface area contributed by atoms with E-state index in [1.165, 1.54) is 18.2 Å². The van der Waals surface area contributed by atoms with Crippen LogP contribution in [0.1, 0.15) is 16.7 Å². The molecule has 0 saturated carbocycles. The lowest BCUT2D eigenvalue weighted by Gasteiger charge is -1.97. The van der Waals surface area contributed by atoms with Gasteiger partial charge in [0.25, 0.3) is 0 Å². The highest BCUT2D eigenvalue weighted by atomic mass is 16.3.